The van der Waals surface area contributed by atoms with Gasteiger partial charge in [0.15, 0.2) is 0 Å². The normalized spacial score (nSPS) is 12.6. The molecule has 0 aromatic rings. The lowest BCUT2D eigenvalue weighted by Gasteiger charge is -2.17. The smallest absolute Gasteiger partial charge is 0.234 e. The van der Waals surface area contributed by atoms with Crippen LogP contribution in [0.25, 0.3) is 0 Å². The minimum absolute atomic E-state index is 0.0101. The lowest BCUT2D eigenvalue weighted by molar-refractivity contribution is -0.121. The number of carbonyl (C=O) groups is 1. The first-order valence-electron chi connectivity index (χ1n) is 4.76. The van der Waals surface area contributed by atoms with E-state index >= 15 is 0 Å². The molecule has 0 spiro atoms. The number of nitrogens with one attached hydrogen (secondary N) is 2. The molecule has 1 amide bonds. The number of halogens is 1. The summed E-state index contributed by atoms with van der Waals surface area (Å²) in [5, 5.41) is 6.27. The van der Waals surface area contributed by atoms with Crippen LogP contribution in [0.5, 0.6) is 0 Å². The Hall–Kier alpha value is -0.540. The van der Waals surface area contributed by atoms with Crippen LogP contribution >= 0.6 is 11.6 Å². The number of rotatable bonds is 6. The summed E-state index contributed by atoms with van der Waals surface area (Å²) >= 11 is 5.53. The van der Waals surface area contributed by atoms with Crippen LogP contribution in [0, 0.1) is 5.92 Å². The van der Waals surface area contributed by atoms with E-state index in [1.54, 1.807) is 0 Å². The zero-order valence-corrected chi connectivity index (χ0v) is 9.82. The SMILES string of the molecule is C=C(Cl)CNCC(=O)NC(C)C(C)C. The van der Waals surface area contributed by atoms with Crippen molar-refractivity contribution in [3.05, 3.63) is 11.6 Å². The number of amides is 1. The van der Waals surface area contributed by atoms with Crippen LogP contribution in [0.1, 0.15) is 20.8 Å². The van der Waals surface area contributed by atoms with Gasteiger partial charge in [-0.05, 0) is 12.8 Å². The summed E-state index contributed by atoms with van der Waals surface area (Å²) in [7, 11) is 0. The van der Waals surface area contributed by atoms with E-state index in [1.165, 1.54) is 0 Å². The Morgan fingerprint density at radius 2 is 1.93 bits per heavy atom. The lowest BCUT2D eigenvalue weighted by atomic mass is 10.1. The first-order valence-corrected chi connectivity index (χ1v) is 5.14. The standard InChI is InChI=1S/C10H19ClN2O/c1-7(2)9(4)13-10(14)6-12-5-8(3)11/h7,9,12H,3,5-6H2,1-2,4H3,(H,13,14). The maximum atomic E-state index is 11.3. The maximum Gasteiger partial charge on any atom is 0.234 e. The molecule has 4 heteroatoms. The molecule has 0 aromatic carbocycles. The Morgan fingerprint density at radius 1 is 1.36 bits per heavy atom. The predicted molar refractivity (Wildman–Crippen MR) is 60.3 cm³/mol. The molecule has 3 nitrogen and oxygen atoms in total. The van der Waals surface area contributed by atoms with Crippen LogP contribution < -0.4 is 10.6 Å². The summed E-state index contributed by atoms with van der Waals surface area (Å²) in [6, 6.07) is 0.198. The molecule has 2 N–H and O–H groups in total. The molecule has 0 aliphatic heterocycles. The Morgan fingerprint density at radius 3 is 2.36 bits per heavy atom. The van der Waals surface area contributed by atoms with Gasteiger partial charge in [0.2, 0.25) is 5.91 Å². The molecule has 0 fully saturated rings. The lowest BCUT2D eigenvalue weighted by Crippen LogP contribution is -2.41. The summed E-state index contributed by atoms with van der Waals surface area (Å²) in [4.78, 5) is 11.3. The molecule has 14 heavy (non-hydrogen) atoms. The van der Waals surface area contributed by atoms with Gasteiger partial charge in [-0.25, -0.2) is 0 Å². The molecule has 0 aromatic heterocycles. The molecule has 0 aliphatic rings. The Bertz CT molecular complexity index is 204. The monoisotopic (exact) mass is 218 g/mol. The molecule has 82 valence electrons. The predicted octanol–water partition coefficient (Wildman–Crippen LogP) is 1.49. The highest BCUT2D eigenvalue weighted by atomic mass is 35.5. The van der Waals surface area contributed by atoms with E-state index < -0.39 is 0 Å². The summed E-state index contributed by atoms with van der Waals surface area (Å²) < 4.78 is 0. The zero-order valence-electron chi connectivity index (χ0n) is 9.06. The van der Waals surface area contributed by atoms with E-state index in [-0.39, 0.29) is 18.5 Å². The zero-order chi connectivity index (χ0) is 11.1. The second-order valence-corrected chi connectivity index (χ2v) is 4.26. The highest BCUT2D eigenvalue weighted by Crippen LogP contribution is 1.98. The molecule has 0 heterocycles. The maximum absolute atomic E-state index is 11.3. The first-order chi connectivity index (χ1) is 6.43. The minimum Gasteiger partial charge on any atom is -0.352 e. The molecule has 0 saturated carbocycles. The van der Waals surface area contributed by atoms with E-state index in [0.29, 0.717) is 17.5 Å². The Balaban J connectivity index is 3.60. The third-order valence-corrected chi connectivity index (χ3v) is 2.12. The molecule has 0 aliphatic carbocycles. The van der Waals surface area contributed by atoms with Crippen molar-refractivity contribution in [2.45, 2.75) is 26.8 Å². The highest BCUT2D eigenvalue weighted by Gasteiger charge is 2.09. The van der Waals surface area contributed by atoms with Gasteiger partial charge in [0, 0.05) is 17.6 Å². The van der Waals surface area contributed by atoms with Crippen LogP contribution in [0.4, 0.5) is 0 Å². The van der Waals surface area contributed by atoms with Gasteiger partial charge < -0.3 is 10.6 Å². The van der Waals surface area contributed by atoms with Gasteiger partial charge in [-0.15, -0.1) is 0 Å². The van der Waals surface area contributed by atoms with E-state index in [0.717, 1.165) is 0 Å². The summed E-state index contributed by atoms with van der Waals surface area (Å²) in [5.74, 6) is 0.436. The Kier molecular flexibility index (Phi) is 6.58. The quantitative estimate of drug-likeness (QED) is 0.710. The van der Waals surface area contributed by atoms with Gasteiger partial charge in [-0.3, -0.25) is 4.79 Å². The van der Waals surface area contributed by atoms with Crippen LogP contribution in [0.3, 0.4) is 0 Å². The first kappa shape index (κ1) is 13.5. The second-order valence-electron chi connectivity index (χ2n) is 3.72. The summed E-state index contributed by atoms with van der Waals surface area (Å²) in [5.41, 5.74) is 0. The van der Waals surface area contributed by atoms with Crippen molar-refractivity contribution in [3.8, 4) is 0 Å². The van der Waals surface area contributed by atoms with Crippen molar-refractivity contribution in [3.63, 3.8) is 0 Å². The minimum atomic E-state index is -0.0101. The number of carbonyl (C=O) groups excluding carboxylic acids is 1. The van der Waals surface area contributed by atoms with Gasteiger partial charge in [0.05, 0.1) is 6.54 Å². The summed E-state index contributed by atoms with van der Waals surface area (Å²) in [6.07, 6.45) is 0. The second kappa shape index (κ2) is 6.85. The third-order valence-electron chi connectivity index (χ3n) is 1.99. The van der Waals surface area contributed by atoms with Gasteiger partial charge >= 0.3 is 0 Å². The van der Waals surface area contributed by atoms with E-state index in [1.807, 2.05) is 6.92 Å². The molecule has 1 unspecified atom stereocenters. The van der Waals surface area contributed by atoms with Gasteiger partial charge in [0.25, 0.3) is 0 Å². The van der Waals surface area contributed by atoms with Gasteiger partial charge in [0.1, 0.15) is 0 Å². The molecule has 0 bridgehead atoms. The highest BCUT2D eigenvalue weighted by molar-refractivity contribution is 6.29. The molecule has 0 saturated heterocycles. The van der Waals surface area contributed by atoms with Crippen molar-refractivity contribution in [1.29, 1.82) is 0 Å². The van der Waals surface area contributed by atoms with Crippen molar-refractivity contribution in [2.75, 3.05) is 13.1 Å². The third kappa shape index (κ3) is 6.92. The van der Waals surface area contributed by atoms with Gasteiger partial charge in [-0.2, -0.15) is 0 Å². The van der Waals surface area contributed by atoms with E-state index in [4.69, 9.17) is 11.6 Å². The van der Waals surface area contributed by atoms with Crippen LogP contribution in [0.2, 0.25) is 0 Å². The van der Waals surface area contributed by atoms with E-state index in [2.05, 4.69) is 31.1 Å². The van der Waals surface area contributed by atoms with Crippen LogP contribution in [-0.2, 0) is 4.79 Å². The molecular weight excluding hydrogens is 200 g/mol. The fraction of sp³-hybridized carbons (Fsp3) is 0.700. The van der Waals surface area contributed by atoms with Crippen LogP contribution in [-0.4, -0.2) is 25.0 Å². The summed E-state index contributed by atoms with van der Waals surface area (Å²) in [6.45, 7) is 10.4. The van der Waals surface area contributed by atoms with Crippen molar-refractivity contribution < 1.29 is 4.79 Å². The average Bonchev–Trinajstić information content (AvgIpc) is 2.02. The van der Waals surface area contributed by atoms with Gasteiger partial charge in [-0.1, -0.05) is 32.0 Å². The average molecular weight is 219 g/mol. The van der Waals surface area contributed by atoms with Crippen molar-refractivity contribution in [2.24, 2.45) is 5.92 Å². The topological polar surface area (TPSA) is 41.1 Å². The molecule has 0 radical (unpaired) electrons. The molecule has 1 atom stereocenters. The number of hydrogen-bond donors (Lipinski definition) is 2. The number of hydrogen-bond acceptors (Lipinski definition) is 2. The van der Waals surface area contributed by atoms with Crippen LogP contribution in [0.15, 0.2) is 11.6 Å². The van der Waals surface area contributed by atoms with Crippen molar-refractivity contribution in [1.82, 2.24) is 10.6 Å². The largest absolute Gasteiger partial charge is 0.352 e. The van der Waals surface area contributed by atoms with Crippen molar-refractivity contribution >= 4 is 17.5 Å². The Labute approximate surface area is 90.9 Å². The molecule has 0 rings (SSSR count). The fourth-order valence-corrected chi connectivity index (χ4v) is 0.878. The fourth-order valence-electron chi connectivity index (χ4n) is 0.783. The van der Waals surface area contributed by atoms with E-state index in [9.17, 15) is 4.79 Å². The molecular formula is C10H19ClN2O.